The maximum atomic E-state index is 12.9. The summed E-state index contributed by atoms with van der Waals surface area (Å²) in [4.78, 5) is 29.1. The van der Waals surface area contributed by atoms with Gasteiger partial charge in [-0.3, -0.25) is 9.59 Å². The highest BCUT2D eigenvalue weighted by atomic mass is 32.2. The zero-order valence-electron chi connectivity index (χ0n) is 17.8. The molecule has 5 rings (SSSR count). The first-order valence-electron chi connectivity index (χ1n) is 10.1. The Labute approximate surface area is 197 Å². The van der Waals surface area contributed by atoms with Crippen LogP contribution in [0, 0.1) is 0 Å². The number of benzene rings is 3. The second kappa shape index (κ2) is 8.40. The van der Waals surface area contributed by atoms with Gasteiger partial charge >= 0.3 is 10.1 Å². The van der Waals surface area contributed by atoms with Crippen molar-refractivity contribution in [3.63, 3.8) is 0 Å². The second-order valence-corrected chi connectivity index (χ2v) is 10.0. The number of anilines is 1. The molecule has 170 valence electrons. The van der Waals surface area contributed by atoms with Crippen LogP contribution in [0.1, 0.15) is 12.5 Å². The minimum absolute atomic E-state index is 0.0517. The third kappa shape index (κ3) is 4.16. The Balaban J connectivity index is 1.45. The van der Waals surface area contributed by atoms with Crippen molar-refractivity contribution in [3.8, 4) is 5.75 Å². The fraction of sp³-hybridized carbons (Fsp3) is 0.0417. The molecule has 3 aromatic carbocycles. The highest BCUT2D eigenvalue weighted by Crippen LogP contribution is 2.22. The number of carbonyl (C=O) groups is 1. The van der Waals surface area contributed by atoms with Crippen molar-refractivity contribution >= 4 is 55.1 Å². The third-order valence-corrected chi connectivity index (χ3v) is 7.20. The first-order valence-corrected chi connectivity index (χ1v) is 12.4. The summed E-state index contributed by atoms with van der Waals surface area (Å²) in [6, 6.07) is 19.6. The van der Waals surface area contributed by atoms with E-state index in [9.17, 15) is 18.0 Å². The lowest BCUT2D eigenvalue weighted by atomic mass is 10.2. The number of aromatic nitrogens is 2. The first-order chi connectivity index (χ1) is 16.3. The predicted molar refractivity (Wildman–Crippen MR) is 131 cm³/mol. The van der Waals surface area contributed by atoms with Crippen molar-refractivity contribution in [2.24, 2.45) is 0 Å². The lowest BCUT2D eigenvalue weighted by molar-refractivity contribution is -0.114. The van der Waals surface area contributed by atoms with Crippen LogP contribution in [0.25, 0.3) is 22.1 Å². The maximum absolute atomic E-state index is 12.9. The van der Waals surface area contributed by atoms with Crippen LogP contribution >= 0.6 is 11.3 Å². The van der Waals surface area contributed by atoms with E-state index in [0.29, 0.717) is 20.7 Å². The summed E-state index contributed by atoms with van der Waals surface area (Å²) in [6.07, 6.45) is 1.68. The summed E-state index contributed by atoms with van der Waals surface area (Å²) in [7, 11) is -4.09. The zero-order chi connectivity index (χ0) is 23.9. The fourth-order valence-electron chi connectivity index (χ4n) is 3.50. The Kier molecular flexibility index (Phi) is 5.39. The largest absolute Gasteiger partial charge is 0.379 e. The van der Waals surface area contributed by atoms with Crippen LogP contribution < -0.4 is 19.6 Å². The van der Waals surface area contributed by atoms with Crippen molar-refractivity contribution in [2.45, 2.75) is 11.8 Å². The maximum Gasteiger partial charge on any atom is 0.339 e. The Morgan fingerprint density at radius 2 is 1.82 bits per heavy atom. The van der Waals surface area contributed by atoms with Crippen molar-refractivity contribution in [2.75, 3.05) is 5.32 Å². The monoisotopic (exact) mass is 491 g/mol. The minimum Gasteiger partial charge on any atom is -0.379 e. The Morgan fingerprint density at radius 1 is 1.06 bits per heavy atom. The Hall–Kier alpha value is -4.02. The molecular weight excluding hydrogens is 474 g/mol. The van der Waals surface area contributed by atoms with E-state index >= 15 is 0 Å². The molecular formula is C24H17N3O5S2. The average Bonchev–Trinajstić information content (AvgIpc) is 3.30. The van der Waals surface area contributed by atoms with Gasteiger partial charge in [-0.15, -0.1) is 0 Å². The molecule has 10 heteroatoms. The molecule has 0 bridgehead atoms. The molecule has 2 aromatic heterocycles. The highest BCUT2D eigenvalue weighted by Gasteiger charge is 2.17. The van der Waals surface area contributed by atoms with Crippen molar-refractivity contribution in [1.29, 1.82) is 0 Å². The quantitative estimate of drug-likeness (QED) is 0.379. The Bertz CT molecular complexity index is 1770. The lowest BCUT2D eigenvalue weighted by Gasteiger charge is -2.08. The number of fused-ring (bicyclic) bond motifs is 3. The molecule has 0 atom stereocenters. The summed E-state index contributed by atoms with van der Waals surface area (Å²) >= 11 is 1.26. The molecule has 1 amide bonds. The molecule has 34 heavy (non-hydrogen) atoms. The molecule has 2 heterocycles. The van der Waals surface area contributed by atoms with E-state index in [0.717, 1.165) is 11.0 Å². The summed E-state index contributed by atoms with van der Waals surface area (Å²) in [6.45, 7) is 1.36. The van der Waals surface area contributed by atoms with Crippen molar-refractivity contribution < 1.29 is 17.4 Å². The molecule has 8 nitrogen and oxygen atoms in total. The van der Waals surface area contributed by atoms with E-state index in [4.69, 9.17) is 4.18 Å². The highest BCUT2D eigenvalue weighted by molar-refractivity contribution is 7.87. The van der Waals surface area contributed by atoms with E-state index in [1.54, 1.807) is 28.7 Å². The van der Waals surface area contributed by atoms with Gasteiger partial charge in [-0.1, -0.05) is 35.6 Å². The average molecular weight is 492 g/mol. The molecule has 5 aromatic rings. The SMILES string of the molecule is CC(=O)Nc1ccc(S(=O)(=O)Oc2cccc(/C=c3\sc4nc5ccccc5n4c3=O)c2)cc1. The van der Waals surface area contributed by atoms with Crippen LogP contribution in [0.15, 0.2) is 82.5 Å². The van der Waals surface area contributed by atoms with Crippen LogP contribution in [0.3, 0.4) is 0 Å². The number of hydrogen-bond donors (Lipinski definition) is 1. The molecule has 0 unspecified atom stereocenters. The number of carbonyl (C=O) groups excluding carboxylic acids is 1. The van der Waals surface area contributed by atoms with E-state index < -0.39 is 10.1 Å². The number of hydrogen-bond acceptors (Lipinski definition) is 7. The minimum atomic E-state index is -4.09. The molecule has 0 saturated carbocycles. The molecule has 0 radical (unpaired) electrons. The van der Waals surface area contributed by atoms with Crippen molar-refractivity contribution in [3.05, 3.63) is 93.2 Å². The van der Waals surface area contributed by atoms with Crippen molar-refractivity contribution in [1.82, 2.24) is 9.38 Å². The summed E-state index contributed by atoms with van der Waals surface area (Å²) < 4.78 is 32.7. The van der Waals surface area contributed by atoms with Crippen LogP contribution in [0.5, 0.6) is 5.75 Å². The molecule has 0 aliphatic carbocycles. The number of rotatable bonds is 5. The van der Waals surface area contributed by atoms with Gasteiger partial charge in [-0.25, -0.2) is 9.38 Å². The lowest BCUT2D eigenvalue weighted by Crippen LogP contribution is -2.22. The van der Waals surface area contributed by atoms with Gasteiger partial charge in [0.25, 0.3) is 5.56 Å². The summed E-state index contributed by atoms with van der Waals surface area (Å²) in [5.74, 6) is -0.146. The number of nitrogens with zero attached hydrogens (tertiary/aromatic N) is 2. The summed E-state index contributed by atoms with van der Waals surface area (Å²) in [5.41, 5.74) is 2.40. The molecule has 0 saturated heterocycles. The van der Waals surface area contributed by atoms with E-state index in [-0.39, 0.29) is 22.1 Å². The van der Waals surface area contributed by atoms with Gasteiger partial charge in [-0.2, -0.15) is 8.42 Å². The number of nitrogens with one attached hydrogen (secondary N) is 1. The van der Waals surface area contributed by atoms with Gasteiger partial charge in [0.1, 0.15) is 10.6 Å². The molecule has 1 N–H and O–H groups in total. The van der Waals surface area contributed by atoms with Crippen LogP contribution in [0.4, 0.5) is 5.69 Å². The topological polar surface area (TPSA) is 107 Å². The fourth-order valence-corrected chi connectivity index (χ4v) is 5.41. The van der Waals surface area contributed by atoms with Crippen LogP contribution in [-0.4, -0.2) is 23.7 Å². The normalized spacial score (nSPS) is 12.3. The number of imidazole rings is 1. The van der Waals surface area contributed by atoms with Crippen LogP contribution in [0.2, 0.25) is 0 Å². The predicted octanol–water partition coefficient (Wildman–Crippen LogP) is 3.18. The number of amides is 1. The van der Waals surface area contributed by atoms with Gasteiger partial charge in [0.05, 0.1) is 15.6 Å². The van der Waals surface area contributed by atoms with Gasteiger partial charge in [0.2, 0.25) is 5.91 Å². The van der Waals surface area contributed by atoms with Gasteiger partial charge in [0, 0.05) is 12.6 Å². The number of thiazole rings is 1. The third-order valence-electron chi connectivity index (χ3n) is 4.97. The summed E-state index contributed by atoms with van der Waals surface area (Å²) in [5, 5.41) is 2.58. The van der Waals surface area contributed by atoms with Gasteiger partial charge in [-0.05, 0) is 60.2 Å². The van der Waals surface area contributed by atoms with E-state index in [2.05, 4.69) is 10.3 Å². The second-order valence-electron chi connectivity index (χ2n) is 7.45. The zero-order valence-corrected chi connectivity index (χ0v) is 19.4. The Morgan fingerprint density at radius 3 is 2.59 bits per heavy atom. The van der Waals surface area contributed by atoms with Gasteiger partial charge in [0.15, 0.2) is 4.96 Å². The van der Waals surface area contributed by atoms with E-state index in [1.165, 1.54) is 48.6 Å². The molecule has 0 aliphatic heterocycles. The first kappa shape index (κ1) is 21.8. The smallest absolute Gasteiger partial charge is 0.339 e. The standard InChI is InChI=1S/C24H17N3O5S2/c1-15(28)25-17-9-11-19(12-10-17)34(30,31)32-18-6-4-5-16(13-18)14-22-23(29)27-21-8-3-2-7-20(21)26-24(27)33-22/h2-14H,1H3,(H,25,28)/b22-14-. The molecule has 0 aliphatic rings. The van der Waals surface area contributed by atoms with Crippen LogP contribution in [-0.2, 0) is 14.9 Å². The van der Waals surface area contributed by atoms with E-state index in [1.807, 2.05) is 24.3 Å². The molecule has 0 fully saturated rings. The molecule has 0 spiro atoms. The van der Waals surface area contributed by atoms with Gasteiger partial charge < -0.3 is 9.50 Å². The number of para-hydroxylation sites is 2.